The molecule has 0 aliphatic rings. The van der Waals surface area contributed by atoms with E-state index in [-0.39, 0.29) is 30.0 Å². The summed E-state index contributed by atoms with van der Waals surface area (Å²) in [6.45, 7) is 1.90. The van der Waals surface area contributed by atoms with Crippen molar-refractivity contribution < 1.29 is 9.59 Å². The Labute approximate surface area is 155 Å². The van der Waals surface area contributed by atoms with Crippen LogP contribution in [0.2, 0.25) is 5.02 Å². The van der Waals surface area contributed by atoms with Crippen molar-refractivity contribution in [3.8, 4) is 0 Å². The number of aryl methyl sites for hydroxylation is 1. The molecule has 25 heavy (non-hydrogen) atoms. The highest BCUT2D eigenvalue weighted by molar-refractivity contribution is 7.99. The maximum absolute atomic E-state index is 12.1. The van der Waals surface area contributed by atoms with Gasteiger partial charge >= 0.3 is 0 Å². The van der Waals surface area contributed by atoms with Crippen molar-refractivity contribution in [1.29, 1.82) is 0 Å². The number of primary amides is 1. The largest absolute Gasteiger partial charge is 0.370 e. The van der Waals surface area contributed by atoms with Gasteiger partial charge in [0.25, 0.3) is 0 Å². The molecule has 0 bridgehead atoms. The van der Waals surface area contributed by atoms with Crippen molar-refractivity contribution >= 4 is 35.2 Å². The van der Waals surface area contributed by atoms with Gasteiger partial charge in [0.15, 0.2) is 5.16 Å². The Bertz CT molecular complexity index is 765. The topological polar surface area (TPSA) is 103 Å². The number of thioether (sulfide) groups is 1. The molecule has 0 fully saturated rings. The average molecular weight is 382 g/mol. The monoisotopic (exact) mass is 381 g/mol. The number of amides is 2. The van der Waals surface area contributed by atoms with Gasteiger partial charge in [-0.25, -0.2) is 0 Å². The first kappa shape index (κ1) is 19.3. The van der Waals surface area contributed by atoms with Gasteiger partial charge in [0.1, 0.15) is 5.82 Å². The summed E-state index contributed by atoms with van der Waals surface area (Å²) in [4.78, 5) is 23.0. The number of carbonyl (C=O) groups is 2. The van der Waals surface area contributed by atoms with E-state index in [1.165, 1.54) is 11.8 Å². The Morgan fingerprint density at radius 2 is 2.16 bits per heavy atom. The molecule has 1 aromatic heterocycles. The van der Waals surface area contributed by atoms with Crippen LogP contribution >= 0.6 is 23.4 Å². The van der Waals surface area contributed by atoms with Crippen LogP contribution < -0.4 is 11.1 Å². The summed E-state index contributed by atoms with van der Waals surface area (Å²) in [6.07, 6.45) is 0.645. The number of carbonyl (C=O) groups excluding carboxylic acids is 2. The van der Waals surface area contributed by atoms with Crippen LogP contribution in [-0.4, -0.2) is 32.3 Å². The van der Waals surface area contributed by atoms with Crippen molar-refractivity contribution in [2.45, 2.75) is 31.0 Å². The van der Waals surface area contributed by atoms with E-state index < -0.39 is 0 Å². The van der Waals surface area contributed by atoms with Crippen molar-refractivity contribution in [1.82, 2.24) is 20.1 Å². The summed E-state index contributed by atoms with van der Waals surface area (Å²) in [5.41, 5.74) is 6.08. The second-order valence-corrected chi connectivity index (χ2v) is 6.94. The number of aromatic nitrogens is 3. The fourth-order valence-corrected chi connectivity index (χ4v) is 3.14. The normalized spacial score (nSPS) is 12.0. The molecule has 1 heterocycles. The van der Waals surface area contributed by atoms with Crippen LogP contribution in [0, 0.1) is 0 Å². The minimum Gasteiger partial charge on any atom is -0.370 e. The zero-order valence-corrected chi connectivity index (χ0v) is 15.6. The van der Waals surface area contributed by atoms with E-state index >= 15 is 0 Å². The standard InChI is InChI=1S/C16H20ClN5O2S/c1-10(11-4-3-5-12(17)8-11)19-15(24)9-25-16-21-20-14(22(16)2)7-6-13(18)23/h3-5,8,10H,6-7,9H2,1-2H3,(H2,18,23)(H,19,24)/t10-/m1/s1. The second kappa shape index (κ2) is 8.87. The summed E-state index contributed by atoms with van der Waals surface area (Å²) in [6, 6.07) is 7.24. The Morgan fingerprint density at radius 3 is 2.84 bits per heavy atom. The molecule has 0 spiro atoms. The van der Waals surface area contributed by atoms with Crippen molar-refractivity contribution in [2.75, 3.05) is 5.75 Å². The molecule has 1 aromatic carbocycles. The molecule has 7 nitrogen and oxygen atoms in total. The highest BCUT2D eigenvalue weighted by atomic mass is 35.5. The van der Waals surface area contributed by atoms with Crippen molar-refractivity contribution in [2.24, 2.45) is 12.8 Å². The number of rotatable bonds is 8. The zero-order chi connectivity index (χ0) is 18.4. The van der Waals surface area contributed by atoms with Crippen LogP contribution in [0.1, 0.15) is 30.8 Å². The summed E-state index contributed by atoms with van der Waals surface area (Å²) < 4.78 is 1.77. The molecule has 0 saturated heterocycles. The molecule has 9 heteroatoms. The lowest BCUT2D eigenvalue weighted by molar-refractivity contribution is -0.119. The number of benzene rings is 1. The van der Waals surface area contributed by atoms with Gasteiger partial charge in [-0.2, -0.15) is 0 Å². The number of halogens is 1. The molecule has 0 aliphatic carbocycles. The van der Waals surface area contributed by atoms with E-state index in [0.29, 0.717) is 22.4 Å². The lowest BCUT2D eigenvalue weighted by atomic mass is 10.1. The van der Waals surface area contributed by atoms with Gasteiger partial charge in [-0.15, -0.1) is 10.2 Å². The van der Waals surface area contributed by atoms with E-state index in [2.05, 4.69) is 15.5 Å². The maximum atomic E-state index is 12.1. The predicted molar refractivity (Wildman–Crippen MR) is 97.3 cm³/mol. The predicted octanol–water partition coefficient (Wildman–Crippen LogP) is 1.86. The van der Waals surface area contributed by atoms with Crippen LogP contribution in [0.25, 0.3) is 0 Å². The van der Waals surface area contributed by atoms with Crippen LogP contribution in [-0.2, 0) is 23.1 Å². The first-order valence-corrected chi connectivity index (χ1v) is 9.07. The number of nitrogens with zero attached hydrogens (tertiary/aromatic N) is 3. The third-order valence-corrected chi connectivity index (χ3v) is 4.83. The van der Waals surface area contributed by atoms with Crippen LogP contribution in [0.3, 0.4) is 0 Å². The second-order valence-electron chi connectivity index (χ2n) is 5.56. The van der Waals surface area contributed by atoms with Gasteiger partial charge < -0.3 is 15.6 Å². The summed E-state index contributed by atoms with van der Waals surface area (Å²) in [5.74, 6) is 0.381. The molecular weight excluding hydrogens is 362 g/mol. The Balaban J connectivity index is 1.86. The van der Waals surface area contributed by atoms with Gasteiger partial charge in [-0.1, -0.05) is 35.5 Å². The van der Waals surface area contributed by atoms with Crippen LogP contribution in [0.4, 0.5) is 0 Å². The molecule has 2 amide bonds. The molecule has 0 unspecified atom stereocenters. The first-order chi connectivity index (χ1) is 11.9. The van der Waals surface area contributed by atoms with Crippen LogP contribution in [0.15, 0.2) is 29.4 Å². The Hall–Kier alpha value is -2.06. The number of nitrogens with one attached hydrogen (secondary N) is 1. The molecule has 3 N–H and O–H groups in total. The smallest absolute Gasteiger partial charge is 0.230 e. The molecule has 134 valence electrons. The van der Waals surface area contributed by atoms with Gasteiger partial charge in [0.2, 0.25) is 11.8 Å². The molecule has 2 aromatic rings. The van der Waals surface area contributed by atoms with Crippen LogP contribution in [0.5, 0.6) is 0 Å². The summed E-state index contributed by atoms with van der Waals surface area (Å²) in [7, 11) is 1.80. The van der Waals surface area contributed by atoms with E-state index in [9.17, 15) is 9.59 Å². The fraction of sp³-hybridized carbons (Fsp3) is 0.375. The Morgan fingerprint density at radius 1 is 1.40 bits per heavy atom. The highest BCUT2D eigenvalue weighted by Gasteiger charge is 2.14. The first-order valence-electron chi connectivity index (χ1n) is 7.71. The number of hydrogen-bond donors (Lipinski definition) is 2. The lowest BCUT2D eigenvalue weighted by Crippen LogP contribution is -2.28. The SMILES string of the molecule is C[C@@H](NC(=O)CSc1nnc(CCC(N)=O)n1C)c1cccc(Cl)c1. The van der Waals surface area contributed by atoms with E-state index in [4.69, 9.17) is 17.3 Å². The average Bonchev–Trinajstić information content (AvgIpc) is 2.91. The quantitative estimate of drug-likeness (QED) is 0.679. The van der Waals surface area contributed by atoms with Gasteiger partial charge in [0.05, 0.1) is 11.8 Å². The fourth-order valence-electron chi connectivity index (χ4n) is 2.20. The lowest BCUT2D eigenvalue weighted by Gasteiger charge is -2.14. The van der Waals surface area contributed by atoms with Gasteiger partial charge in [0, 0.05) is 24.9 Å². The van der Waals surface area contributed by atoms with Crippen molar-refractivity contribution in [3.05, 3.63) is 40.7 Å². The summed E-state index contributed by atoms with van der Waals surface area (Å²) in [5, 5.41) is 12.2. The Kier molecular flexibility index (Phi) is 6.83. The third-order valence-electron chi connectivity index (χ3n) is 3.58. The number of hydrogen-bond acceptors (Lipinski definition) is 5. The molecular formula is C16H20ClN5O2S. The molecule has 0 aliphatic heterocycles. The molecule has 1 atom stereocenters. The minimum absolute atomic E-state index is 0.112. The minimum atomic E-state index is -0.383. The molecule has 0 saturated carbocycles. The maximum Gasteiger partial charge on any atom is 0.230 e. The van der Waals surface area contributed by atoms with E-state index in [1.807, 2.05) is 25.1 Å². The highest BCUT2D eigenvalue weighted by Crippen LogP contribution is 2.19. The van der Waals surface area contributed by atoms with Gasteiger partial charge in [-0.3, -0.25) is 9.59 Å². The molecule has 2 rings (SSSR count). The zero-order valence-electron chi connectivity index (χ0n) is 14.0. The summed E-state index contributed by atoms with van der Waals surface area (Å²) >= 11 is 7.25. The molecule has 0 radical (unpaired) electrons. The van der Waals surface area contributed by atoms with Gasteiger partial charge in [-0.05, 0) is 24.6 Å². The number of nitrogens with two attached hydrogens (primary N) is 1. The van der Waals surface area contributed by atoms with E-state index in [1.54, 1.807) is 17.7 Å². The van der Waals surface area contributed by atoms with E-state index in [0.717, 1.165) is 5.56 Å². The third kappa shape index (κ3) is 5.75. The van der Waals surface area contributed by atoms with Crippen molar-refractivity contribution in [3.63, 3.8) is 0 Å².